The minimum atomic E-state index is -0.417. The van der Waals surface area contributed by atoms with Crippen LogP contribution in [0.2, 0.25) is 0 Å². The Morgan fingerprint density at radius 1 is 1.00 bits per heavy atom. The molecule has 7 heteroatoms. The molecule has 0 bridgehead atoms. The molecule has 0 radical (unpaired) electrons. The third-order valence-electron chi connectivity index (χ3n) is 5.25. The Kier molecular flexibility index (Phi) is 5.69. The Morgan fingerprint density at radius 3 is 2.34 bits per heavy atom. The zero-order valence-electron chi connectivity index (χ0n) is 16.0. The molecule has 2 heterocycles. The highest BCUT2D eigenvalue weighted by molar-refractivity contribution is 6.22. The van der Waals surface area contributed by atoms with Crippen LogP contribution in [0.1, 0.15) is 32.4 Å². The number of nitrogens with one attached hydrogen (secondary N) is 1. The number of amides is 3. The molecular formula is C22H23N3O4. The van der Waals surface area contributed by atoms with Crippen LogP contribution < -0.4 is 5.32 Å². The van der Waals surface area contributed by atoms with Gasteiger partial charge in [-0.2, -0.15) is 0 Å². The topological polar surface area (TPSA) is 79.0 Å². The van der Waals surface area contributed by atoms with Crippen molar-refractivity contribution in [3.8, 4) is 0 Å². The summed E-state index contributed by atoms with van der Waals surface area (Å²) in [5, 5.41) is 2.81. The van der Waals surface area contributed by atoms with E-state index in [2.05, 4.69) is 22.3 Å². The van der Waals surface area contributed by atoms with Crippen molar-refractivity contribution in [1.82, 2.24) is 15.1 Å². The van der Waals surface area contributed by atoms with Crippen LogP contribution in [0, 0.1) is 0 Å². The molecular weight excluding hydrogens is 370 g/mol. The lowest BCUT2D eigenvalue weighted by Gasteiger charge is -2.33. The van der Waals surface area contributed by atoms with Gasteiger partial charge < -0.3 is 10.1 Å². The molecule has 0 aliphatic carbocycles. The molecule has 29 heavy (non-hydrogen) atoms. The molecule has 2 aromatic carbocycles. The maximum atomic E-state index is 12.3. The van der Waals surface area contributed by atoms with Crippen LogP contribution in [-0.2, 0) is 9.53 Å². The van der Waals surface area contributed by atoms with E-state index in [-0.39, 0.29) is 18.6 Å². The van der Waals surface area contributed by atoms with Gasteiger partial charge in [0.05, 0.1) is 23.8 Å². The molecule has 2 aromatic rings. The number of hydrogen-bond acceptors (Lipinski definition) is 5. The third kappa shape index (κ3) is 4.21. The SMILES string of the molecule is O=C(CN1C(=O)c2ccccc2C1=O)NCCN1CCOC(c2ccccc2)C1. The maximum absolute atomic E-state index is 12.3. The van der Waals surface area contributed by atoms with E-state index < -0.39 is 11.8 Å². The van der Waals surface area contributed by atoms with E-state index in [1.807, 2.05) is 18.2 Å². The van der Waals surface area contributed by atoms with E-state index in [1.54, 1.807) is 24.3 Å². The molecule has 2 aliphatic heterocycles. The van der Waals surface area contributed by atoms with Gasteiger partial charge in [-0.3, -0.25) is 24.2 Å². The summed E-state index contributed by atoms with van der Waals surface area (Å²) in [5.41, 5.74) is 1.85. The van der Waals surface area contributed by atoms with Crippen molar-refractivity contribution in [2.24, 2.45) is 0 Å². The second-order valence-electron chi connectivity index (χ2n) is 7.16. The number of carbonyl (C=O) groups excluding carboxylic acids is 3. The molecule has 1 atom stereocenters. The van der Waals surface area contributed by atoms with Gasteiger partial charge in [-0.1, -0.05) is 42.5 Å². The van der Waals surface area contributed by atoms with Gasteiger partial charge in [-0.05, 0) is 17.7 Å². The fraction of sp³-hybridized carbons (Fsp3) is 0.318. The van der Waals surface area contributed by atoms with Crippen molar-refractivity contribution in [2.45, 2.75) is 6.10 Å². The van der Waals surface area contributed by atoms with Gasteiger partial charge in [0.25, 0.3) is 11.8 Å². The first-order valence-corrected chi connectivity index (χ1v) is 9.74. The summed E-state index contributed by atoms with van der Waals surface area (Å²) in [4.78, 5) is 40.2. The molecule has 4 rings (SSSR count). The first kappa shape index (κ1) is 19.3. The minimum Gasteiger partial charge on any atom is -0.371 e. The summed E-state index contributed by atoms with van der Waals surface area (Å²) in [5.74, 6) is -1.17. The summed E-state index contributed by atoms with van der Waals surface area (Å²) in [6.45, 7) is 3.07. The van der Waals surface area contributed by atoms with Gasteiger partial charge in [-0.15, -0.1) is 0 Å². The van der Waals surface area contributed by atoms with Gasteiger partial charge >= 0.3 is 0 Å². The highest BCUT2D eigenvalue weighted by atomic mass is 16.5. The lowest BCUT2D eigenvalue weighted by Crippen LogP contribution is -2.45. The van der Waals surface area contributed by atoms with Gasteiger partial charge in [0.1, 0.15) is 6.54 Å². The predicted octanol–water partition coefficient (Wildman–Crippen LogP) is 1.47. The number of carbonyl (C=O) groups is 3. The van der Waals surface area contributed by atoms with Crippen molar-refractivity contribution in [3.05, 3.63) is 71.3 Å². The summed E-state index contributed by atoms with van der Waals surface area (Å²) in [6, 6.07) is 16.7. The van der Waals surface area contributed by atoms with Gasteiger partial charge in [0, 0.05) is 26.2 Å². The number of nitrogens with zero attached hydrogens (tertiary/aromatic N) is 2. The van der Waals surface area contributed by atoms with Crippen LogP contribution in [-0.4, -0.2) is 66.9 Å². The van der Waals surface area contributed by atoms with E-state index >= 15 is 0 Å². The third-order valence-corrected chi connectivity index (χ3v) is 5.25. The maximum Gasteiger partial charge on any atom is 0.262 e. The first-order chi connectivity index (χ1) is 14.1. The zero-order valence-corrected chi connectivity index (χ0v) is 16.0. The lowest BCUT2D eigenvalue weighted by molar-refractivity contribution is -0.121. The first-order valence-electron chi connectivity index (χ1n) is 9.74. The molecule has 1 saturated heterocycles. The quantitative estimate of drug-likeness (QED) is 0.752. The van der Waals surface area contributed by atoms with Crippen molar-refractivity contribution >= 4 is 17.7 Å². The molecule has 2 aliphatic rings. The van der Waals surface area contributed by atoms with Crippen LogP contribution in [0.15, 0.2) is 54.6 Å². The number of hydrogen-bond donors (Lipinski definition) is 1. The number of rotatable bonds is 6. The molecule has 1 fully saturated rings. The van der Waals surface area contributed by atoms with Crippen LogP contribution >= 0.6 is 0 Å². The molecule has 0 spiro atoms. The predicted molar refractivity (Wildman–Crippen MR) is 106 cm³/mol. The van der Waals surface area contributed by atoms with Crippen molar-refractivity contribution < 1.29 is 19.1 Å². The molecule has 0 saturated carbocycles. The number of imide groups is 1. The molecule has 150 valence electrons. The van der Waals surface area contributed by atoms with Crippen LogP contribution in [0.4, 0.5) is 0 Å². The zero-order chi connectivity index (χ0) is 20.2. The Bertz CT molecular complexity index is 880. The van der Waals surface area contributed by atoms with Crippen LogP contribution in [0.25, 0.3) is 0 Å². The number of ether oxygens (including phenoxy) is 1. The van der Waals surface area contributed by atoms with Crippen molar-refractivity contribution in [2.75, 3.05) is 39.3 Å². The Labute approximate surface area is 169 Å². The molecule has 1 unspecified atom stereocenters. The highest BCUT2D eigenvalue weighted by Crippen LogP contribution is 2.22. The highest BCUT2D eigenvalue weighted by Gasteiger charge is 2.36. The molecule has 0 aromatic heterocycles. The Balaban J connectivity index is 1.24. The Morgan fingerprint density at radius 2 is 1.66 bits per heavy atom. The number of morpholine rings is 1. The van der Waals surface area contributed by atoms with Gasteiger partial charge in [0.2, 0.25) is 5.91 Å². The summed E-state index contributed by atoms with van der Waals surface area (Å²) >= 11 is 0. The van der Waals surface area contributed by atoms with E-state index in [1.165, 1.54) is 0 Å². The molecule has 3 amide bonds. The van der Waals surface area contributed by atoms with Crippen molar-refractivity contribution in [3.63, 3.8) is 0 Å². The molecule has 1 N–H and O–H groups in total. The van der Waals surface area contributed by atoms with E-state index in [9.17, 15) is 14.4 Å². The second-order valence-corrected chi connectivity index (χ2v) is 7.16. The van der Waals surface area contributed by atoms with E-state index in [4.69, 9.17) is 4.74 Å². The van der Waals surface area contributed by atoms with Crippen LogP contribution in [0.5, 0.6) is 0 Å². The normalized spacial score (nSPS) is 19.3. The van der Waals surface area contributed by atoms with Gasteiger partial charge in [0.15, 0.2) is 0 Å². The summed E-state index contributed by atoms with van der Waals surface area (Å²) < 4.78 is 5.85. The fourth-order valence-electron chi connectivity index (χ4n) is 3.71. The average molecular weight is 393 g/mol. The number of benzene rings is 2. The monoisotopic (exact) mass is 393 g/mol. The van der Waals surface area contributed by atoms with Crippen molar-refractivity contribution in [1.29, 1.82) is 0 Å². The largest absolute Gasteiger partial charge is 0.371 e. The van der Waals surface area contributed by atoms with E-state index in [0.717, 1.165) is 23.6 Å². The lowest BCUT2D eigenvalue weighted by atomic mass is 10.1. The fourth-order valence-corrected chi connectivity index (χ4v) is 3.71. The summed E-state index contributed by atoms with van der Waals surface area (Å²) in [7, 11) is 0. The van der Waals surface area contributed by atoms with E-state index in [0.29, 0.717) is 30.8 Å². The standard InChI is InChI=1S/C22H23N3O4/c26-20(15-25-21(27)17-8-4-5-9-18(17)22(25)28)23-10-11-24-12-13-29-19(14-24)16-6-2-1-3-7-16/h1-9,19H,10-15H2,(H,23,26). The number of fused-ring (bicyclic) bond motifs is 1. The van der Waals surface area contributed by atoms with Gasteiger partial charge in [-0.25, -0.2) is 0 Å². The van der Waals surface area contributed by atoms with Crippen LogP contribution in [0.3, 0.4) is 0 Å². The average Bonchev–Trinajstić information content (AvgIpc) is 3.00. The minimum absolute atomic E-state index is 0.0269. The summed E-state index contributed by atoms with van der Waals surface area (Å²) in [6.07, 6.45) is 0.0269. The Hall–Kier alpha value is -3.03. The second kappa shape index (κ2) is 8.55. The molecule has 7 nitrogen and oxygen atoms in total. The smallest absolute Gasteiger partial charge is 0.262 e.